The van der Waals surface area contributed by atoms with Gasteiger partial charge in [-0.1, -0.05) is 87.1 Å². The molecular formula is C46H56O. The summed E-state index contributed by atoms with van der Waals surface area (Å²) in [7, 11) is 0. The third kappa shape index (κ3) is 4.26. The van der Waals surface area contributed by atoms with Crippen LogP contribution in [-0.4, -0.2) is 0 Å². The van der Waals surface area contributed by atoms with Crippen LogP contribution in [0.3, 0.4) is 0 Å². The quantitative estimate of drug-likeness (QED) is 0.205. The van der Waals surface area contributed by atoms with Gasteiger partial charge in [0.15, 0.2) is 0 Å². The molecule has 11 rings (SSSR count). The molecule has 47 heavy (non-hydrogen) atoms. The minimum atomic E-state index is 0.655. The average molecular weight is 625 g/mol. The zero-order valence-corrected chi connectivity index (χ0v) is 28.6. The second-order valence-corrected chi connectivity index (χ2v) is 18.3. The second-order valence-electron chi connectivity index (χ2n) is 18.3. The Kier molecular flexibility index (Phi) is 6.75. The molecular weight excluding hydrogens is 569 g/mol. The summed E-state index contributed by atoms with van der Waals surface area (Å²) in [4.78, 5) is 0. The normalized spacial score (nSPS) is 42.9. The van der Waals surface area contributed by atoms with Crippen molar-refractivity contribution in [3.8, 4) is 0 Å². The molecule has 0 bridgehead atoms. The third-order valence-electron chi connectivity index (χ3n) is 16.9. The topological polar surface area (TPSA) is 13.1 Å². The molecule has 7 aliphatic rings. The van der Waals surface area contributed by atoms with E-state index in [1.165, 1.54) is 84.1 Å². The smallest absolute Gasteiger partial charge is 0.143 e. The lowest BCUT2D eigenvalue weighted by Gasteiger charge is -2.65. The summed E-state index contributed by atoms with van der Waals surface area (Å²) in [6.45, 7) is 0. The first-order valence-corrected chi connectivity index (χ1v) is 20.6. The Balaban J connectivity index is 0.941. The lowest BCUT2D eigenvalue weighted by molar-refractivity contribution is -0.155. The Morgan fingerprint density at radius 2 is 0.851 bits per heavy atom. The molecule has 0 saturated heterocycles. The summed E-state index contributed by atoms with van der Waals surface area (Å²) in [6, 6.07) is 20.5. The van der Waals surface area contributed by atoms with E-state index < -0.39 is 0 Å². The first kappa shape index (κ1) is 28.5. The molecule has 0 amide bonds. The highest BCUT2D eigenvalue weighted by atomic mass is 16.3. The molecule has 0 N–H and O–H groups in total. The van der Waals surface area contributed by atoms with E-state index >= 15 is 0 Å². The maximum atomic E-state index is 6.93. The molecule has 1 heteroatoms. The molecule has 0 aliphatic heterocycles. The van der Waals surface area contributed by atoms with Crippen LogP contribution < -0.4 is 0 Å². The number of furan rings is 1. The number of fused-ring (bicyclic) bond motifs is 17. The largest absolute Gasteiger partial charge is 0.455 e. The average Bonchev–Trinajstić information content (AvgIpc) is 3.54. The van der Waals surface area contributed by atoms with Crippen LogP contribution in [0.15, 0.2) is 59.0 Å². The van der Waals surface area contributed by atoms with E-state index in [1.54, 1.807) is 57.8 Å². The van der Waals surface area contributed by atoms with Crippen LogP contribution in [0.25, 0.3) is 32.7 Å². The van der Waals surface area contributed by atoms with Gasteiger partial charge in [0, 0.05) is 16.2 Å². The summed E-state index contributed by atoms with van der Waals surface area (Å²) >= 11 is 0. The van der Waals surface area contributed by atoms with Gasteiger partial charge in [-0.2, -0.15) is 0 Å². The fourth-order valence-corrected chi connectivity index (χ4v) is 15.5. The molecule has 1 heterocycles. The van der Waals surface area contributed by atoms with Gasteiger partial charge in [0.2, 0.25) is 0 Å². The van der Waals surface area contributed by atoms with E-state index in [1.807, 2.05) is 0 Å². The molecule has 7 fully saturated rings. The minimum absolute atomic E-state index is 0.655. The molecule has 246 valence electrons. The van der Waals surface area contributed by atoms with Gasteiger partial charge in [0.1, 0.15) is 11.2 Å². The van der Waals surface area contributed by atoms with Crippen molar-refractivity contribution in [2.45, 2.75) is 115 Å². The monoisotopic (exact) mass is 624 g/mol. The molecule has 1 aromatic heterocycles. The zero-order chi connectivity index (χ0) is 30.6. The lowest BCUT2D eigenvalue weighted by atomic mass is 9.40. The Morgan fingerprint density at radius 1 is 0.362 bits per heavy atom. The van der Waals surface area contributed by atoms with Crippen molar-refractivity contribution in [3.05, 3.63) is 60.2 Å². The predicted molar refractivity (Wildman–Crippen MR) is 194 cm³/mol. The van der Waals surface area contributed by atoms with Gasteiger partial charge in [-0.05, 0) is 165 Å². The van der Waals surface area contributed by atoms with Crippen molar-refractivity contribution in [2.24, 2.45) is 71.0 Å². The van der Waals surface area contributed by atoms with Gasteiger partial charge in [-0.25, -0.2) is 0 Å². The van der Waals surface area contributed by atoms with Crippen LogP contribution in [0.5, 0.6) is 0 Å². The Bertz CT molecular complexity index is 1790. The van der Waals surface area contributed by atoms with Crippen molar-refractivity contribution in [1.82, 2.24) is 0 Å². The maximum absolute atomic E-state index is 6.93. The van der Waals surface area contributed by atoms with E-state index in [0.29, 0.717) is 5.92 Å². The standard InChI is InChI=1S/C46H56O/c1-2-11-29-27(10-1)20-23-39-38-19-9-18-30(46(38)47-45(29)39)28-21-22-37-40(24-28)35-16-7-8-17-36(35)43-25-41-33-14-5-3-12-31(33)32-13-4-6-15-34(32)42(41)26-44(37)43/h1-2,9-11,18-20,23,28,31-37,40-44H,3-8,12-17,21-22,24-26H2. The molecule has 7 saturated carbocycles. The maximum Gasteiger partial charge on any atom is 0.143 e. The third-order valence-corrected chi connectivity index (χ3v) is 16.9. The van der Waals surface area contributed by atoms with Gasteiger partial charge >= 0.3 is 0 Å². The van der Waals surface area contributed by atoms with Crippen LogP contribution in [0, 0.1) is 71.0 Å². The van der Waals surface area contributed by atoms with Gasteiger partial charge in [-0.15, -0.1) is 0 Å². The number of hydrogen-bond acceptors (Lipinski definition) is 1. The molecule has 13 unspecified atom stereocenters. The molecule has 0 spiro atoms. The van der Waals surface area contributed by atoms with Crippen molar-refractivity contribution in [2.75, 3.05) is 0 Å². The Morgan fingerprint density at radius 3 is 1.47 bits per heavy atom. The fourth-order valence-electron chi connectivity index (χ4n) is 15.5. The van der Waals surface area contributed by atoms with Crippen LogP contribution in [0.4, 0.5) is 0 Å². The molecule has 1 nitrogen and oxygen atoms in total. The van der Waals surface area contributed by atoms with Crippen molar-refractivity contribution >= 4 is 32.7 Å². The summed E-state index contributed by atoms with van der Waals surface area (Å²) in [5, 5.41) is 5.18. The summed E-state index contributed by atoms with van der Waals surface area (Å²) in [5.41, 5.74) is 3.82. The first-order chi connectivity index (χ1) is 23.3. The number of hydrogen-bond donors (Lipinski definition) is 0. The molecule has 4 aromatic rings. The molecule has 13 atom stereocenters. The van der Waals surface area contributed by atoms with E-state index in [4.69, 9.17) is 4.42 Å². The number of para-hydroxylation sites is 1. The van der Waals surface area contributed by atoms with E-state index in [9.17, 15) is 0 Å². The molecule has 3 aromatic carbocycles. The SMILES string of the molecule is c1ccc2c(c1)ccc1c3cccc(C4CCC5C(C4)C4CCCCC4C4CC6C7CCCCC7C7CCCCC7C6CC54)c3oc21. The predicted octanol–water partition coefficient (Wildman–Crippen LogP) is 12.9. The summed E-state index contributed by atoms with van der Waals surface area (Å²) < 4.78 is 6.93. The highest BCUT2D eigenvalue weighted by Crippen LogP contribution is 2.67. The van der Waals surface area contributed by atoms with Crippen LogP contribution in [-0.2, 0) is 0 Å². The lowest BCUT2D eigenvalue weighted by Crippen LogP contribution is -2.57. The van der Waals surface area contributed by atoms with Crippen LogP contribution in [0.2, 0.25) is 0 Å². The van der Waals surface area contributed by atoms with Crippen LogP contribution in [0.1, 0.15) is 121 Å². The van der Waals surface area contributed by atoms with Gasteiger partial charge < -0.3 is 4.42 Å². The van der Waals surface area contributed by atoms with Crippen molar-refractivity contribution in [1.29, 1.82) is 0 Å². The highest BCUT2D eigenvalue weighted by molar-refractivity contribution is 6.15. The zero-order valence-electron chi connectivity index (χ0n) is 28.6. The Labute approximate surface area is 282 Å². The Hall–Kier alpha value is -2.28. The van der Waals surface area contributed by atoms with E-state index in [-0.39, 0.29) is 0 Å². The number of rotatable bonds is 1. The van der Waals surface area contributed by atoms with Gasteiger partial charge in [0.25, 0.3) is 0 Å². The highest BCUT2D eigenvalue weighted by Gasteiger charge is 2.59. The first-order valence-electron chi connectivity index (χ1n) is 20.6. The van der Waals surface area contributed by atoms with E-state index in [0.717, 1.165) is 76.6 Å². The van der Waals surface area contributed by atoms with Crippen molar-refractivity contribution < 1.29 is 4.42 Å². The fraction of sp³-hybridized carbons (Fsp3) is 0.652. The second kappa shape index (κ2) is 11.1. The van der Waals surface area contributed by atoms with Crippen molar-refractivity contribution in [3.63, 3.8) is 0 Å². The van der Waals surface area contributed by atoms with E-state index in [2.05, 4.69) is 54.6 Å². The van der Waals surface area contributed by atoms with Gasteiger partial charge in [-0.3, -0.25) is 0 Å². The number of benzene rings is 3. The van der Waals surface area contributed by atoms with Gasteiger partial charge in [0.05, 0.1) is 0 Å². The minimum Gasteiger partial charge on any atom is -0.455 e. The molecule has 0 radical (unpaired) electrons. The summed E-state index contributed by atoms with van der Waals surface area (Å²) in [6.07, 6.45) is 26.2. The van der Waals surface area contributed by atoms with Crippen LogP contribution >= 0.6 is 0 Å². The summed E-state index contributed by atoms with van der Waals surface area (Å²) in [5.74, 6) is 13.3. The molecule has 7 aliphatic carbocycles.